The highest BCUT2D eigenvalue weighted by atomic mass is 15.2. The minimum Gasteiger partial charge on any atom is -0.382 e. The van der Waals surface area contributed by atoms with Crippen molar-refractivity contribution in [3.63, 3.8) is 0 Å². The molecule has 0 aromatic heterocycles. The van der Waals surface area contributed by atoms with Crippen molar-refractivity contribution < 1.29 is 0 Å². The third-order valence-electron chi connectivity index (χ3n) is 3.30. The van der Waals surface area contributed by atoms with Crippen molar-refractivity contribution in [3.8, 4) is 6.07 Å². The maximum atomic E-state index is 8.90. The molecule has 0 unspecified atom stereocenters. The normalized spacial score (nSPS) is 14.8. The molecule has 1 aromatic carbocycles. The van der Waals surface area contributed by atoms with Gasteiger partial charge in [0.15, 0.2) is 0 Å². The van der Waals surface area contributed by atoms with Crippen LogP contribution in [-0.2, 0) is 0 Å². The van der Waals surface area contributed by atoms with Crippen LogP contribution < -0.4 is 16.0 Å². The number of nitrogens with zero attached hydrogens (tertiary/aromatic N) is 2. The summed E-state index contributed by atoms with van der Waals surface area (Å²) in [6.07, 6.45) is 0. The van der Waals surface area contributed by atoms with E-state index < -0.39 is 0 Å². The number of hydrogen-bond donors (Lipinski definition) is 2. The van der Waals surface area contributed by atoms with Gasteiger partial charge in [0.2, 0.25) is 0 Å². The molecule has 0 radical (unpaired) electrons. The molecular weight excluding hydrogens is 212 g/mol. The van der Waals surface area contributed by atoms with E-state index in [-0.39, 0.29) is 5.54 Å². The Labute approximate surface area is 102 Å². The van der Waals surface area contributed by atoms with Crippen LogP contribution in [0.15, 0.2) is 18.2 Å². The van der Waals surface area contributed by atoms with Crippen LogP contribution in [0.2, 0.25) is 0 Å². The summed E-state index contributed by atoms with van der Waals surface area (Å²) in [5.41, 5.74) is 8.61. The number of nitrogens with two attached hydrogens (primary N) is 1. The molecule has 3 N–H and O–H groups in total. The molecule has 1 aliphatic heterocycles. The lowest BCUT2D eigenvalue weighted by atomic mass is 9.99. The van der Waals surface area contributed by atoms with E-state index in [1.165, 1.54) is 0 Å². The quantitative estimate of drug-likeness (QED) is 0.808. The number of rotatable bonds is 2. The summed E-state index contributed by atoms with van der Waals surface area (Å²) < 4.78 is 0. The van der Waals surface area contributed by atoms with Crippen LogP contribution >= 0.6 is 0 Å². The van der Waals surface area contributed by atoms with Crippen LogP contribution in [0.3, 0.4) is 0 Å². The lowest BCUT2D eigenvalue weighted by molar-refractivity contribution is 0.470. The van der Waals surface area contributed by atoms with Gasteiger partial charge in [0, 0.05) is 25.2 Å². The summed E-state index contributed by atoms with van der Waals surface area (Å²) in [4.78, 5) is 2.31. The smallest absolute Gasteiger partial charge is 0.0992 e. The second-order valence-corrected chi connectivity index (χ2v) is 4.94. The molecule has 1 aliphatic rings. The monoisotopic (exact) mass is 230 g/mol. The standard InChI is InChI=1S/C13H18N4/c1-13(2,9-15)17-6-5-16-11-7-10(8-14)3-4-12(11)17/h3-4,7,16H,5-6,9,15H2,1-2H3. The highest BCUT2D eigenvalue weighted by Gasteiger charge is 2.29. The van der Waals surface area contributed by atoms with Crippen molar-refractivity contribution in [1.82, 2.24) is 0 Å². The average molecular weight is 230 g/mol. The van der Waals surface area contributed by atoms with Gasteiger partial charge in [-0.05, 0) is 32.0 Å². The molecule has 17 heavy (non-hydrogen) atoms. The first-order valence-electron chi connectivity index (χ1n) is 5.84. The number of fused-ring (bicyclic) bond motifs is 1. The van der Waals surface area contributed by atoms with Crippen LogP contribution in [0, 0.1) is 11.3 Å². The first kappa shape index (κ1) is 11.7. The van der Waals surface area contributed by atoms with E-state index in [9.17, 15) is 0 Å². The van der Waals surface area contributed by atoms with Crippen LogP contribution in [0.1, 0.15) is 19.4 Å². The summed E-state index contributed by atoms with van der Waals surface area (Å²) >= 11 is 0. The van der Waals surface area contributed by atoms with E-state index in [4.69, 9.17) is 11.0 Å². The van der Waals surface area contributed by atoms with Crippen molar-refractivity contribution >= 4 is 11.4 Å². The maximum absolute atomic E-state index is 8.90. The largest absolute Gasteiger partial charge is 0.382 e. The van der Waals surface area contributed by atoms with Gasteiger partial charge in [0.05, 0.1) is 23.0 Å². The van der Waals surface area contributed by atoms with Crippen LogP contribution in [0.25, 0.3) is 0 Å². The fourth-order valence-corrected chi connectivity index (χ4v) is 2.14. The molecule has 0 spiro atoms. The molecule has 4 nitrogen and oxygen atoms in total. The molecule has 0 fully saturated rings. The van der Waals surface area contributed by atoms with Gasteiger partial charge in [0.1, 0.15) is 0 Å². The Kier molecular flexibility index (Phi) is 2.95. The van der Waals surface area contributed by atoms with Gasteiger partial charge in [-0.1, -0.05) is 0 Å². The van der Waals surface area contributed by atoms with Crippen molar-refractivity contribution in [1.29, 1.82) is 5.26 Å². The first-order valence-corrected chi connectivity index (χ1v) is 5.84. The summed E-state index contributed by atoms with van der Waals surface area (Å²) in [5, 5.41) is 12.2. The fourth-order valence-electron chi connectivity index (χ4n) is 2.14. The SMILES string of the molecule is CC(C)(CN)N1CCNc2cc(C#N)ccc21. The summed E-state index contributed by atoms with van der Waals surface area (Å²) in [6.45, 7) is 6.70. The average Bonchev–Trinajstić information content (AvgIpc) is 2.37. The van der Waals surface area contributed by atoms with Crippen molar-refractivity contribution in [2.75, 3.05) is 29.9 Å². The predicted molar refractivity (Wildman–Crippen MR) is 70.1 cm³/mol. The van der Waals surface area contributed by atoms with Gasteiger partial charge in [0.25, 0.3) is 0 Å². The number of nitriles is 1. The van der Waals surface area contributed by atoms with Gasteiger partial charge in [-0.2, -0.15) is 5.26 Å². The highest BCUT2D eigenvalue weighted by Crippen LogP contribution is 2.34. The fraction of sp³-hybridized carbons (Fsp3) is 0.462. The second-order valence-electron chi connectivity index (χ2n) is 4.94. The van der Waals surface area contributed by atoms with E-state index in [0.29, 0.717) is 12.1 Å². The zero-order valence-corrected chi connectivity index (χ0v) is 10.3. The zero-order chi connectivity index (χ0) is 12.5. The van der Waals surface area contributed by atoms with Gasteiger partial charge in [-0.15, -0.1) is 0 Å². The molecule has 0 saturated carbocycles. The minimum absolute atomic E-state index is 0.0645. The van der Waals surface area contributed by atoms with E-state index in [1.807, 2.05) is 18.2 Å². The Hall–Kier alpha value is -1.73. The van der Waals surface area contributed by atoms with Crippen LogP contribution in [0.5, 0.6) is 0 Å². The first-order chi connectivity index (χ1) is 8.08. The molecule has 1 heterocycles. The van der Waals surface area contributed by atoms with E-state index >= 15 is 0 Å². The molecule has 0 amide bonds. The van der Waals surface area contributed by atoms with Gasteiger partial charge in [-0.3, -0.25) is 0 Å². The Morgan fingerprint density at radius 3 is 2.94 bits per heavy atom. The Bertz CT molecular complexity index is 459. The number of nitrogens with one attached hydrogen (secondary N) is 1. The van der Waals surface area contributed by atoms with Gasteiger partial charge in [-0.25, -0.2) is 0 Å². The van der Waals surface area contributed by atoms with Crippen LogP contribution in [-0.4, -0.2) is 25.2 Å². The minimum atomic E-state index is -0.0645. The Morgan fingerprint density at radius 2 is 2.29 bits per heavy atom. The lowest BCUT2D eigenvalue weighted by Gasteiger charge is -2.43. The van der Waals surface area contributed by atoms with Crippen molar-refractivity contribution in [2.45, 2.75) is 19.4 Å². The molecule has 0 saturated heterocycles. The maximum Gasteiger partial charge on any atom is 0.0992 e. The predicted octanol–water partition coefficient (Wildman–Crippen LogP) is 1.53. The second kappa shape index (κ2) is 4.27. The van der Waals surface area contributed by atoms with Crippen LogP contribution in [0.4, 0.5) is 11.4 Å². The van der Waals surface area contributed by atoms with Crippen molar-refractivity contribution in [2.24, 2.45) is 5.73 Å². The topological polar surface area (TPSA) is 65.1 Å². The molecule has 0 aliphatic carbocycles. The molecule has 4 heteroatoms. The number of benzene rings is 1. The molecule has 90 valence electrons. The third-order valence-corrected chi connectivity index (χ3v) is 3.30. The highest BCUT2D eigenvalue weighted by molar-refractivity contribution is 5.74. The molecular formula is C13H18N4. The lowest BCUT2D eigenvalue weighted by Crippen LogP contribution is -2.53. The molecule has 0 atom stereocenters. The summed E-state index contributed by atoms with van der Waals surface area (Å²) in [6, 6.07) is 7.91. The molecule has 0 bridgehead atoms. The molecule has 1 aromatic rings. The third kappa shape index (κ3) is 2.06. The van der Waals surface area contributed by atoms with E-state index in [1.54, 1.807) is 0 Å². The van der Waals surface area contributed by atoms with Gasteiger partial charge < -0.3 is 16.0 Å². The summed E-state index contributed by atoms with van der Waals surface area (Å²) in [7, 11) is 0. The Morgan fingerprint density at radius 1 is 1.53 bits per heavy atom. The van der Waals surface area contributed by atoms with E-state index in [0.717, 1.165) is 24.5 Å². The van der Waals surface area contributed by atoms with E-state index in [2.05, 4.69) is 30.1 Å². The van der Waals surface area contributed by atoms with Gasteiger partial charge >= 0.3 is 0 Å². The number of hydrogen-bond acceptors (Lipinski definition) is 4. The number of anilines is 2. The summed E-state index contributed by atoms with van der Waals surface area (Å²) in [5.74, 6) is 0. The molecule has 2 rings (SSSR count). The zero-order valence-electron chi connectivity index (χ0n) is 10.3. The van der Waals surface area contributed by atoms with Crippen molar-refractivity contribution in [3.05, 3.63) is 23.8 Å². The Balaban J connectivity index is 2.42.